The fourth-order valence-corrected chi connectivity index (χ4v) is 3.19. The molecule has 0 aliphatic carbocycles. The van der Waals surface area contributed by atoms with Gasteiger partial charge in [-0.1, -0.05) is 19.1 Å². The first-order chi connectivity index (χ1) is 13.4. The molecule has 0 saturated heterocycles. The van der Waals surface area contributed by atoms with Crippen molar-refractivity contribution < 1.29 is 9.18 Å². The molecule has 0 aliphatic heterocycles. The Balaban J connectivity index is 2.05. The van der Waals surface area contributed by atoms with Crippen LogP contribution in [0.1, 0.15) is 47.9 Å². The molecule has 28 heavy (non-hydrogen) atoms. The average molecular weight is 382 g/mol. The first kappa shape index (κ1) is 19.5. The normalized spacial score (nSPS) is 12.0. The van der Waals surface area contributed by atoms with Crippen molar-refractivity contribution >= 4 is 16.7 Å². The van der Waals surface area contributed by atoms with Crippen molar-refractivity contribution in [3.8, 4) is 0 Å². The Morgan fingerprint density at radius 2 is 2.07 bits per heavy atom. The molecule has 0 spiro atoms. The van der Waals surface area contributed by atoms with Crippen LogP contribution in [0.4, 0.5) is 4.39 Å². The predicted molar refractivity (Wildman–Crippen MR) is 108 cm³/mol. The lowest BCUT2D eigenvalue weighted by molar-refractivity contribution is 0.0940. The molecule has 3 rings (SSSR count). The molecule has 0 saturated carbocycles. The van der Waals surface area contributed by atoms with Crippen LogP contribution in [-0.2, 0) is 0 Å². The highest BCUT2D eigenvalue weighted by molar-refractivity contribution is 6.07. The standard InChI is InChI=1S/C21H23FN4O2/c1-4-9-24-26-14(3)19(18-12-23-10-8-17(18)21(26)28)20(27)25-13(2)15-6-5-7-16(22)11-15/h5-8,10-13,24H,4,9H2,1-3H3,(H,25,27)/t13-/m0/s1. The predicted octanol–water partition coefficient (Wildman–Crippen LogP) is 3.29. The molecule has 1 atom stereocenters. The molecule has 1 aromatic carbocycles. The Labute approximate surface area is 162 Å². The van der Waals surface area contributed by atoms with E-state index in [0.717, 1.165) is 6.42 Å². The summed E-state index contributed by atoms with van der Waals surface area (Å²) < 4.78 is 14.9. The highest BCUT2D eigenvalue weighted by Gasteiger charge is 2.21. The van der Waals surface area contributed by atoms with Crippen LogP contribution >= 0.6 is 0 Å². The van der Waals surface area contributed by atoms with Crippen LogP contribution in [0.3, 0.4) is 0 Å². The molecular weight excluding hydrogens is 359 g/mol. The average Bonchev–Trinajstić information content (AvgIpc) is 2.68. The second-order valence-corrected chi connectivity index (χ2v) is 6.68. The number of carbonyl (C=O) groups excluding carboxylic acids is 1. The fourth-order valence-electron chi connectivity index (χ4n) is 3.19. The number of amides is 1. The van der Waals surface area contributed by atoms with Crippen LogP contribution in [0.25, 0.3) is 10.8 Å². The highest BCUT2D eigenvalue weighted by Crippen LogP contribution is 2.20. The number of carbonyl (C=O) groups is 1. The molecule has 0 aliphatic rings. The summed E-state index contributed by atoms with van der Waals surface area (Å²) in [5.41, 5.74) is 4.37. The maximum absolute atomic E-state index is 13.5. The van der Waals surface area contributed by atoms with Gasteiger partial charge in [0.15, 0.2) is 0 Å². The van der Waals surface area contributed by atoms with Crippen molar-refractivity contribution in [3.05, 3.63) is 75.7 Å². The van der Waals surface area contributed by atoms with E-state index < -0.39 is 6.04 Å². The van der Waals surface area contributed by atoms with E-state index in [9.17, 15) is 14.0 Å². The molecule has 146 valence electrons. The van der Waals surface area contributed by atoms with Crippen LogP contribution in [0, 0.1) is 12.7 Å². The fraction of sp³-hybridized carbons (Fsp3) is 0.286. The summed E-state index contributed by atoms with van der Waals surface area (Å²) in [5.74, 6) is -0.707. The third-order valence-electron chi connectivity index (χ3n) is 4.66. The lowest BCUT2D eigenvalue weighted by atomic mass is 10.0. The number of hydrogen-bond donors (Lipinski definition) is 2. The molecule has 2 aromatic heterocycles. The molecule has 0 radical (unpaired) electrons. The van der Waals surface area contributed by atoms with E-state index in [4.69, 9.17) is 0 Å². The number of benzene rings is 1. The van der Waals surface area contributed by atoms with Gasteiger partial charge in [0.05, 0.1) is 22.7 Å². The number of rotatable bonds is 6. The minimum atomic E-state index is -0.404. The lowest BCUT2D eigenvalue weighted by Crippen LogP contribution is -2.35. The van der Waals surface area contributed by atoms with Gasteiger partial charge < -0.3 is 10.7 Å². The van der Waals surface area contributed by atoms with Crippen molar-refractivity contribution in [1.29, 1.82) is 0 Å². The molecule has 2 N–H and O–H groups in total. The molecule has 7 heteroatoms. The van der Waals surface area contributed by atoms with E-state index in [0.29, 0.717) is 34.1 Å². The van der Waals surface area contributed by atoms with Crippen LogP contribution < -0.4 is 16.3 Å². The maximum Gasteiger partial charge on any atom is 0.277 e. The molecular formula is C21H23FN4O2. The van der Waals surface area contributed by atoms with Gasteiger partial charge in [0.25, 0.3) is 11.5 Å². The number of nitrogens with zero attached hydrogens (tertiary/aromatic N) is 2. The lowest BCUT2D eigenvalue weighted by Gasteiger charge is -2.20. The van der Waals surface area contributed by atoms with Crippen LogP contribution in [-0.4, -0.2) is 22.1 Å². The summed E-state index contributed by atoms with van der Waals surface area (Å²) in [6.45, 7) is 6.09. The number of aromatic nitrogens is 2. The van der Waals surface area contributed by atoms with Crippen molar-refractivity contribution in [1.82, 2.24) is 15.0 Å². The van der Waals surface area contributed by atoms with Gasteiger partial charge in [0.2, 0.25) is 0 Å². The summed E-state index contributed by atoms with van der Waals surface area (Å²) in [5, 5.41) is 3.80. The zero-order valence-corrected chi connectivity index (χ0v) is 16.1. The van der Waals surface area contributed by atoms with Crippen molar-refractivity contribution in [2.24, 2.45) is 0 Å². The molecule has 0 fully saturated rings. The van der Waals surface area contributed by atoms with E-state index in [1.165, 1.54) is 29.2 Å². The SMILES string of the molecule is CCCNn1c(C)c(C(=O)N[C@@H](C)c2cccc(F)c2)c2cnccc2c1=O. The molecule has 0 unspecified atom stereocenters. The summed E-state index contributed by atoms with van der Waals surface area (Å²) in [6, 6.07) is 7.31. The van der Waals surface area contributed by atoms with E-state index in [1.54, 1.807) is 32.0 Å². The summed E-state index contributed by atoms with van der Waals surface area (Å²) in [7, 11) is 0. The Hall–Kier alpha value is -3.22. The zero-order valence-electron chi connectivity index (χ0n) is 16.1. The van der Waals surface area contributed by atoms with Gasteiger partial charge in [0, 0.05) is 24.3 Å². The number of halogens is 1. The number of hydrogen-bond acceptors (Lipinski definition) is 4. The molecule has 0 bridgehead atoms. The smallest absolute Gasteiger partial charge is 0.277 e. The van der Waals surface area contributed by atoms with Gasteiger partial charge >= 0.3 is 0 Å². The highest BCUT2D eigenvalue weighted by atomic mass is 19.1. The molecule has 3 aromatic rings. The van der Waals surface area contributed by atoms with Gasteiger partial charge in [0.1, 0.15) is 5.82 Å². The topological polar surface area (TPSA) is 76.0 Å². The van der Waals surface area contributed by atoms with Gasteiger partial charge in [-0.2, -0.15) is 0 Å². The van der Waals surface area contributed by atoms with Gasteiger partial charge in [-0.25, -0.2) is 9.07 Å². The first-order valence-electron chi connectivity index (χ1n) is 9.23. The number of nitrogens with one attached hydrogen (secondary N) is 2. The van der Waals surface area contributed by atoms with E-state index in [-0.39, 0.29) is 17.3 Å². The van der Waals surface area contributed by atoms with Crippen molar-refractivity contribution in [2.45, 2.75) is 33.2 Å². The Morgan fingerprint density at radius 1 is 1.29 bits per heavy atom. The third kappa shape index (κ3) is 3.74. The molecule has 6 nitrogen and oxygen atoms in total. The largest absolute Gasteiger partial charge is 0.345 e. The number of pyridine rings is 2. The molecule has 1 amide bonds. The maximum atomic E-state index is 13.5. The van der Waals surface area contributed by atoms with E-state index >= 15 is 0 Å². The van der Waals surface area contributed by atoms with Crippen molar-refractivity contribution in [3.63, 3.8) is 0 Å². The second-order valence-electron chi connectivity index (χ2n) is 6.68. The van der Waals surface area contributed by atoms with Crippen LogP contribution in [0.2, 0.25) is 0 Å². The van der Waals surface area contributed by atoms with Crippen LogP contribution in [0.5, 0.6) is 0 Å². The minimum Gasteiger partial charge on any atom is -0.345 e. The summed E-state index contributed by atoms with van der Waals surface area (Å²) >= 11 is 0. The van der Waals surface area contributed by atoms with Crippen molar-refractivity contribution in [2.75, 3.05) is 12.0 Å². The first-order valence-corrected chi connectivity index (χ1v) is 9.23. The number of fused-ring (bicyclic) bond motifs is 1. The quantitative estimate of drug-likeness (QED) is 0.686. The third-order valence-corrected chi connectivity index (χ3v) is 4.66. The van der Waals surface area contributed by atoms with Gasteiger partial charge in [-0.15, -0.1) is 0 Å². The van der Waals surface area contributed by atoms with Gasteiger partial charge in [-0.05, 0) is 44.0 Å². The minimum absolute atomic E-state index is 0.224. The zero-order chi connectivity index (χ0) is 20.3. The summed E-state index contributed by atoms with van der Waals surface area (Å²) in [6.07, 6.45) is 3.88. The van der Waals surface area contributed by atoms with Gasteiger partial charge in [-0.3, -0.25) is 14.6 Å². The Morgan fingerprint density at radius 3 is 2.79 bits per heavy atom. The Bertz CT molecular complexity index is 1080. The monoisotopic (exact) mass is 382 g/mol. The summed E-state index contributed by atoms with van der Waals surface area (Å²) in [4.78, 5) is 30.0. The Kier molecular flexibility index (Phi) is 5.73. The van der Waals surface area contributed by atoms with Crippen LogP contribution in [0.15, 0.2) is 47.5 Å². The van der Waals surface area contributed by atoms with E-state index in [1.807, 2.05) is 6.92 Å². The molecule has 2 heterocycles. The van der Waals surface area contributed by atoms with E-state index in [2.05, 4.69) is 15.7 Å². The second kappa shape index (κ2) is 8.21.